The Labute approximate surface area is 120 Å². The van der Waals surface area contributed by atoms with E-state index in [2.05, 4.69) is 5.32 Å². The van der Waals surface area contributed by atoms with Crippen molar-refractivity contribution in [3.05, 3.63) is 35.6 Å². The second kappa shape index (κ2) is 5.16. The van der Waals surface area contributed by atoms with Gasteiger partial charge < -0.3 is 15.1 Å². The van der Waals surface area contributed by atoms with Gasteiger partial charge in [-0.2, -0.15) is 0 Å². The van der Waals surface area contributed by atoms with E-state index in [-0.39, 0.29) is 36.4 Å². The first kappa shape index (κ1) is 13.5. The molecule has 0 aromatic heterocycles. The van der Waals surface area contributed by atoms with Gasteiger partial charge in [-0.1, -0.05) is 6.07 Å². The summed E-state index contributed by atoms with van der Waals surface area (Å²) in [4.78, 5) is 38.9. The summed E-state index contributed by atoms with van der Waals surface area (Å²) in [5.41, 5.74) is 0.242. The number of benzene rings is 1. The quantitative estimate of drug-likeness (QED) is 0.766. The van der Waals surface area contributed by atoms with Crippen LogP contribution in [0.4, 0.5) is 4.39 Å². The number of halogens is 1. The Hall–Kier alpha value is -2.44. The molecule has 2 aliphatic heterocycles. The Morgan fingerprint density at radius 3 is 2.86 bits per heavy atom. The second-order valence-electron chi connectivity index (χ2n) is 5.08. The van der Waals surface area contributed by atoms with Crippen LogP contribution < -0.4 is 5.32 Å². The number of rotatable bonds is 1. The summed E-state index contributed by atoms with van der Waals surface area (Å²) in [6, 6.07) is 4.78. The Morgan fingerprint density at radius 2 is 2.10 bits per heavy atom. The lowest BCUT2D eigenvalue weighted by Gasteiger charge is -2.42. The van der Waals surface area contributed by atoms with Crippen LogP contribution in [0.25, 0.3) is 0 Å². The van der Waals surface area contributed by atoms with Crippen molar-refractivity contribution in [2.45, 2.75) is 6.04 Å². The van der Waals surface area contributed by atoms with Gasteiger partial charge in [-0.3, -0.25) is 14.4 Å². The van der Waals surface area contributed by atoms with Gasteiger partial charge in [0.1, 0.15) is 11.9 Å². The van der Waals surface area contributed by atoms with E-state index in [0.29, 0.717) is 13.1 Å². The first-order chi connectivity index (χ1) is 10.1. The predicted octanol–water partition coefficient (Wildman–Crippen LogP) is -0.391. The Morgan fingerprint density at radius 1 is 1.29 bits per heavy atom. The van der Waals surface area contributed by atoms with Crippen LogP contribution in [0.5, 0.6) is 0 Å². The molecule has 3 amide bonds. The van der Waals surface area contributed by atoms with Crippen molar-refractivity contribution in [3.8, 4) is 0 Å². The normalized spacial score (nSPS) is 21.9. The van der Waals surface area contributed by atoms with Gasteiger partial charge in [0.15, 0.2) is 0 Å². The fraction of sp³-hybridized carbons (Fsp3) is 0.357. The molecule has 1 aromatic rings. The number of piperazine rings is 2. The van der Waals surface area contributed by atoms with Gasteiger partial charge in [-0.05, 0) is 18.2 Å². The number of hydrogen-bond acceptors (Lipinski definition) is 3. The summed E-state index contributed by atoms with van der Waals surface area (Å²) in [7, 11) is 0. The van der Waals surface area contributed by atoms with Crippen LogP contribution in [0.3, 0.4) is 0 Å². The molecule has 2 fully saturated rings. The molecule has 2 heterocycles. The summed E-state index contributed by atoms with van der Waals surface area (Å²) < 4.78 is 13.2. The number of carbonyl (C=O) groups is 3. The molecule has 2 aliphatic rings. The highest BCUT2D eigenvalue weighted by Gasteiger charge is 2.39. The number of hydrogen-bond donors (Lipinski definition) is 1. The van der Waals surface area contributed by atoms with E-state index in [9.17, 15) is 18.8 Å². The molecule has 1 N–H and O–H groups in total. The number of amides is 3. The Balaban J connectivity index is 1.78. The van der Waals surface area contributed by atoms with Crippen molar-refractivity contribution < 1.29 is 18.8 Å². The molecule has 2 saturated heterocycles. The van der Waals surface area contributed by atoms with Crippen LogP contribution in [0.15, 0.2) is 24.3 Å². The van der Waals surface area contributed by atoms with Crippen molar-refractivity contribution in [2.24, 2.45) is 0 Å². The van der Waals surface area contributed by atoms with Crippen molar-refractivity contribution in [3.63, 3.8) is 0 Å². The maximum absolute atomic E-state index is 13.2. The molecule has 0 radical (unpaired) electrons. The van der Waals surface area contributed by atoms with Crippen molar-refractivity contribution in [1.82, 2.24) is 15.1 Å². The summed E-state index contributed by atoms with van der Waals surface area (Å²) in [6.07, 6.45) is 0. The number of nitrogens with one attached hydrogen (secondary N) is 1. The molecule has 21 heavy (non-hydrogen) atoms. The van der Waals surface area contributed by atoms with E-state index < -0.39 is 11.9 Å². The average molecular weight is 291 g/mol. The molecule has 3 rings (SSSR count). The molecule has 6 nitrogen and oxygen atoms in total. The van der Waals surface area contributed by atoms with Gasteiger partial charge in [0.25, 0.3) is 5.91 Å². The molecular weight excluding hydrogens is 277 g/mol. The molecule has 0 bridgehead atoms. The highest BCUT2D eigenvalue weighted by molar-refractivity contribution is 5.98. The van der Waals surface area contributed by atoms with Crippen LogP contribution in [0.1, 0.15) is 10.4 Å². The third kappa shape index (κ3) is 2.46. The second-order valence-corrected chi connectivity index (χ2v) is 5.08. The number of carbonyl (C=O) groups excluding carboxylic acids is 3. The van der Waals surface area contributed by atoms with E-state index in [0.717, 1.165) is 0 Å². The minimum atomic E-state index is -0.655. The first-order valence-corrected chi connectivity index (χ1v) is 6.68. The van der Waals surface area contributed by atoms with Gasteiger partial charge in [-0.15, -0.1) is 0 Å². The topological polar surface area (TPSA) is 69.7 Å². The van der Waals surface area contributed by atoms with E-state index in [1.54, 1.807) is 0 Å². The van der Waals surface area contributed by atoms with Crippen LogP contribution in [0.2, 0.25) is 0 Å². The molecule has 110 valence electrons. The Bertz CT molecular complexity index is 619. The van der Waals surface area contributed by atoms with Gasteiger partial charge in [0.05, 0.1) is 13.1 Å². The maximum atomic E-state index is 13.2. The lowest BCUT2D eigenvalue weighted by atomic mass is 10.1. The predicted molar refractivity (Wildman–Crippen MR) is 70.8 cm³/mol. The zero-order valence-corrected chi connectivity index (χ0v) is 11.2. The minimum Gasteiger partial charge on any atom is -0.345 e. The molecule has 1 atom stereocenters. The largest absolute Gasteiger partial charge is 0.345 e. The molecule has 0 aliphatic carbocycles. The number of nitrogens with zero attached hydrogens (tertiary/aromatic N) is 2. The molecule has 1 aromatic carbocycles. The van der Waals surface area contributed by atoms with E-state index >= 15 is 0 Å². The van der Waals surface area contributed by atoms with Crippen LogP contribution >= 0.6 is 0 Å². The van der Waals surface area contributed by atoms with Crippen LogP contribution in [-0.4, -0.2) is 59.7 Å². The van der Waals surface area contributed by atoms with Gasteiger partial charge in [0.2, 0.25) is 11.8 Å². The third-order valence-corrected chi connectivity index (χ3v) is 3.78. The SMILES string of the molecule is O=C1NCC(=O)N2CCN(C(=O)c3cccc(F)c3)C[C@H]12. The van der Waals surface area contributed by atoms with Crippen molar-refractivity contribution in [1.29, 1.82) is 0 Å². The van der Waals surface area contributed by atoms with Gasteiger partial charge >= 0.3 is 0 Å². The minimum absolute atomic E-state index is 0.00712. The zero-order valence-electron chi connectivity index (χ0n) is 11.2. The molecular formula is C14H14FN3O3. The molecule has 7 heteroatoms. The molecule has 0 saturated carbocycles. The maximum Gasteiger partial charge on any atom is 0.254 e. The van der Waals surface area contributed by atoms with E-state index in [1.807, 2.05) is 0 Å². The van der Waals surface area contributed by atoms with Crippen molar-refractivity contribution in [2.75, 3.05) is 26.2 Å². The first-order valence-electron chi connectivity index (χ1n) is 6.68. The van der Waals surface area contributed by atoms with Crippen LogP contribution in [0, 0.1) is 5.82 Å². The average Bonchev–Trinajstić information content (AvgIpc) is 2.50. The molecule has 0 spiro atoms. The fourth-order valence-corrected chi connectivity index (χ4v) is 2.68. The van der Waals surface area contributed by atoms with Crippen molar-refractivity contribution >= 4 is 17.7 Å². The van der Waals surface area contributed by atoms with Gasteiger partial charge in [-0.25, -0.2) is 4.39 Å². The lowest BCUT2D eigenvalue weighted by Crippen LogP contribution is -2.66. The standard InChI is InChI=1S/C14H14FN3O3/c15-10-3-1-2-9(6-10)14(21)17-4-5-18-11(8-17)13(20)16-7-12(18)19/h1-3,6,11H,4-5,7-8H2,(H,16,20)/t11-/m1/s1. The monoisotopic (exact) mass is 291 g/mol. The summed E-state index contributed by atoms with van der Waals surface area (Å²) in [5.74, 6) is -1.21. The fourth-order valence-electron chi connectivity index (χ4n) is 2.68. The number of fused-ring (bicyclic) bond motifs is 1. The summed E-state index contributed by atoms with van der Waals surface area (Å²) in [5, 5.41) is 2.51. The van der Waals surface area contributed by atoms with E-state index in [1.165, 1.54) is 34.1 Å². The third-order valence-electron chi connectivity index (χ3n) is 3.78. The smallest absolute Gasteiger partial charge is 0.254 e. The molecule has 0 unspecified atom stereocenters. The summed E-state index contributed by atoms with van der Waals surface area (Å²) >= 11 is 0. The van der Waals surface area contributed by atoms with Crippen LogP contribution in [-0.2, 0) is 9.59 Å². The Kier molecular flexibility index (Phi) is 3.32. The highest BCUT2D eigenvalue weighted by atomic mass is 19.1. The zero-order chi connectivity index (χ0) is 15.0. The highest BCUT2D eigenvalue weighted by Crippen LogP contribution is 2.16. The summed E-state index contributed by atoms with van der Waals surface area (Å²) in [6.45, 7) is 0.795. The lowest BCUT2D eigenvalue weighted by molar-refractivity contribution is -0.148. The van der Waals surface area contributed by atoms with Gasteiger partial charge in [0, 0.05) is 18.7 Å². The van der Waals surface area contributed by atoms with E-state index in [4.69, 9.17) is 0 Å².